The number of phenols is 1. The zero-order valence-electron chi connectivity index (χ0n) is 19.4. The standard InChI is InChI=1S/C24H34N2O7/c1-4-5-9-25-16-12-19(28)33-22(16)21(29)23(30)26-15(10-13(2)3)18-11-14-7-6-8-17(27)20(14)24(31)32-18/h6-8,13,15-16,18,21-22,25,27,29H,4-5,9-12H2,1-3H3,(H,26,30). The molecule has 0 bridgehead atoms. The Hall–Kier alpha value is -2.65. The molecule has 1 fully saturated rings. The topological polar surface area (TPSA) is 134 Å². The van der Waals surface area contributed by atoms with Crippen molar-refractivity contribution >= 4 is 17.8 Å². The molecule has 4 N–H and O–H groups in total. The highest BCUT2D eigenvalue weighted by atomic mass is 16.6. The summed E-state index contributed by atoms with van der Waals surface area (Å²) in [4.78, 5) is 37.3. The van der Waals surface area contributed by atoms with Crippen LogP contribution in [-0.2, 0) is 25.5 Å². The van der Waals surface area contributed by atoms with Crippen molar-refractivity contribution in [2.24, 2.45) is 5.92 Å². The van der Waals surface area contributed by atoms with Crippen LogP contribution in [0.15, 0.2) is 18.2 Å². The highest BCUT2D eigenvalue weighted by Crippen LogP contribution is 2.30. The van der Waals surface area contributed by atoms with Gasteiger partial charge in [0.25, 0.3) is 5.91 Å². The number of aromatic hydroxyl groups is 1. The largest absolute Gasteiger partial charge is 0.507 e. The second kappa shape index (κ2) is 11.0. The van der Waals surface area contributed by atoms with E-state index in [4.69, 9.17) is 9.47 Å². The van der Waals surface area contributed by atoms with Crippen molar-refractivity contribution in [3.05, 3.63) is 29.3 Å². The summed E-state index contributed by atoms with van der Waals surface area (Å²) in [5.41, 5.74) is 0.784. The van der Waals surface area contributed by atoms with Crippen molar-refractivity contribution in [3.63, 3.8) is 0 Å². The van der Waals surface area contributed by atoms with E-state index in [1.807, 2.05) is 20.8 Å². The van der Waals surface area contributed by atoms with E-state index in [0.717, 1.165) is 12.8 Å². The predicted molar refractivity (Wildman–Crippen MR) is 120 cm³/mol. The minimum atomic E-state index is -1.55. The number of esters is 2. The molecule has 5 unspecified atom stereocenters. The molecule has 1 saturated heterocycles. The molecule has 1 aromatic rings. The maximum atomic E-state index is 13.0. The number of ether oxygens (including phenoxy) is 2. The summed E-state index contributed by atoms with van der Waals surface area (Å²) in [7, 11) is 0. The number of rotatable bonds is 10. The molecular weight excluding hydrogens is 428 g/mol. The van der Waals surface area contributed by atoms with Crippen molar-refractivity contribution in [2.45, 2.75) is 83.3 Å². The summed E-state index contributed by atoms with van der Waals surface area (Å²) < 4.78 is 10.8. The number of cyclic esters (lactones) is 2. The maximum absolute atomic E-state index is 13.0. The number of aliphatic hydroxyl groups excluding tert-OH is 1. The molecule has 182 valence electrons. The lowest BCUT2D eigenvalue weighted by Gasteiger charge is -2.34. The van der Waals surface area contributed by atoms with Gasteiger partial charge in [-0.3, -0.25) is 9.59 Å². The van der Waals surface area contributed by atoms with Gasteiger partial charge in [-0.05, 0) is 36.9 Å². The average molecular weight is 463 g/mol. The minimum absolute atomic E-state index is 0.0919. The fourth-order valence-corrected chi connectivity index (χ4v) is 4.42. The van der Waals surface area contributed by atoms with Gasteiger partial charge < -0.3 is 30.3 Å². The van der Waals surface area contributed by atoms with E-state index in [9.17, 15) is 24.6 Å². The molecule has 33 heavy (non-hydrogen) atoms. The van der Waals surface area contributed by atoms with Crippen LogP contribution in [0.25, 0.3) is 0 Å². The van der Waals surface area contributed by atoms with Crippen LogP contribution >= 0.6 is 0 Å². The van der Waals surface area contributed by atoms with Gasteiger partial charge in [0.05, 0.1) is 18.5 Å². The van der Waals surface area contributed by atoms with E-state index in [1.54, 1.807) is 12.1 Å². The number of hydrogen-bond donors (Lipinski definition) is 4. The lowest BCUT2D eigenvalue weighted by atomic mass is 9.90. The number of fused-ring (bicyclic) bond motifs is 1. The Balaban J connectivity index is 1.71. The summed E-state index contributed by atoms with van der Waals surface area (Å²) in [5, 5.41) is 26.7. The molecule has 0 saturated carbocycles. The first-order chi connectivity index (χ1) is 15.7. The van der Waals surface area contributed by atoms with E-state index >= 15 is 0 Å². The molecule has 0 aromatic heterocycles. The predicted octanol–water partition coefficient (Wildman–Crippen LogP) is 1.44. The summed E-state index contributed by atoms with van der Waals surface area (Å²) >= 11 is 0. The van der Waals surface area contributed by atoms with Crippen LogP contribution in [0.5, 0.6) is 5.75 Å². The highest BCUT2D eigenvalue weighted by molar-refractivity contribution is 5.95. The molecule has 2 heterocycles. The van der Waals surface area contributed by atoms with Crippen molar-refractivity contribution in [2.75, 3.05) is 6.54 Å². The van der Waals surface area contributed by atoms with Crippen LogP contribution in [0.2, 0.25) is 0 Å². The first-order valence-electron chi connectivity index (χ1n) is 11.6. The SMILES string of the molecule is CCCCNC1CC(=O)OC1C(O)C(=O)NC(CC(C)C)C1Cc2cccc(O)c2C(=O)O1. The van der Waals surface area contributed by atoms with Gasteiger partial charge in [0.1, 0.15) is 17.4 Å². The summed E-state index contributed by atoms with van der Waals surface area (Å²) in [6.07, 6.45) is -0.401. The Labute approximate surface area is 193 Å². The molecule has 9 heteroatoms. The molecule has 1 aromatic carbocycles. The summed E-state index contributed by atoms with van der Waals surface area (Å²) in [5.74, 6) is -1.75. The Bertz CT molecular complexity index is 872. The number of phenolic OH excluding ortho intramolecular Hbond substituents is 1. The Morgan fingerprint density at radius 2 is 1.97 bits per heavy atom. The molecule has 9 nitrogen and oxygen atoms in total. The van der Waals surface area contributed by atoms with Gasteiger partial charge in [-0.15, -0.1) is 0 Å². The van der Waals surface area contributed by atoms with Crippen LogP contribution in [-0.4, -0.2) is 65.0 Å². The van der Waals surface area contributed by atoms with Crippen LogP contribution in [0, 0.1) is 5.92 Å². The molecular formula is C24H34N2O7. The Kier molecular flexibility index (Phi) is 8.31. The third kappa shape index (κ3) is 6.03. The number of amides is 1. The first kappa shape index (κ1) is 25.0. The minimum Gasteiger partial charge on any atom is -0.507 e. The van der Waals surface area contributed by atoms with Crippen LogP contribution in [0.1, 0.15) is 62.4 Å². The number of hydrogen-bond acceptors (Lipinski definition) is 8. The summed E-state index contributed by atoms with van der Waals surface area (Å²) in [6, 6.07) is 3.82. The first-order valence-corrected chi connectivity index (χ1v) is 11.6. The Morgan fingerprint density at radius 3 is 2.67 bits per heavy atom. The van der Waals surface area contributed by atoms with Gasteiger partial charge in [-0.2, -0.15) is 0 Å². The molecule has 3 rings (SSSR count). The van der Waals surface area contributed by atoms with Crippen molar-refractivity contribution in [1.29, 1.82) is 0 Å². The average Bonchev–Trinajstić information content (AvgIpc) is 3.12. The zero-order chi connectivity index (χ0) is 24.1. The van der Waals surface area contributed by atoms with Gasteiger partial charge in [0.2, 0.25) is 0 Å². The number of carbonyl (C=O) groups is 3. The number of nitrogens with one attached hydrogen (secondary N) is 2. The monoisotopic (exact) mass is 462 g/mol. The second-order valence-electron chi connectivity index (χ2n) is 9.22. The lowest BCUT2D eigenvalue weighted by molar-refractivity contribution is -0.150. The zero-order valence-corrected chi connectivity index (χ0v) is 19.4. The molecule has 0 spiro atoms. The molecule has 1 amide bonds. The van der Waals surface area contributed by atoms with Crippen LogP contribution in [0.4, 0.5) is 0 Å². The maximum Gasteiger partial charge on any atom is 0.342 e. The smallest absolute Gasteiger partial charge is 0.342 e. The fourth-order valence-electron chi connectivity index (χ4n) is 4.42. The van der Waals surface area contributed by atoms with Gasteiger partial charge in [0.15, 0.2) is 12.2 Å². The normalized spacial score (nSPS) is 24.1. The van der Waals surface area contributed by atoms with E-state index in [0.29, 0.717) is 24.9 Å². The fraction of sp³-hybridized carbons (Fsp3) is 0.625. The number of carbonyl (C=O) groups excluding carboxylic acids is 3. The van der Waals surface area contributed by atoms with Crippen molar-refractivity contribution < 1.29 is 34.1 Å². The number of benzene rings is 1. The van der Waals surface area contributed by atoms with Gasteiger partial charge in [0, 0.05) is 6.42 Å². The summed E-state index contributed by atoms with van der Waals surface area (Å²) in [6.45, 7) is 6.66. The van der Waals surface area contributed by atoms with Crippen molar-refractivity contribution in [1.82, 2.24) is 10.6 Å². The lowest BCUT2D eigenvalue weighted by Crippen LogP contribution is -2.55. The van der Waals surface area contributed by atoms with E-state index < -0.39 is 48.2 Å². The van der Waals surface area contributed by atoms with Crippen molar-refractivity contribution in [3.8, 4) is 5.75 Å². The van der Waals surface area contributed by atoms with E-state index in [1.165, 1.54) is 6.07 Å². The van der Waals surface area contributed by atoms with Gasteiger partial charge in [-0.1, -0.05) is 39.3 Å². The van der Waals surface area contributed by atoms with Gasteiger partial charge in [-0.25, -0.2) is 4.79 Å². The molecule has 2 aliphatic heterocycles. The van der Waals surface area contributed by atoms with Crippen LogP contribution < -0.4 is 10.6 Å². The Morgan fingerprint density at radius 1 is 1.21 bits per heavy atom. The molecule has 2 aliphatic rings. The number of unbranched alkanes of at least 4 members (excludes halogenated alkanes) is 1. The second-order valence-corrected chi connectivity index (χ2v) is 9.22. The third-order valence-corrected chi connectivity index (χ3v) is 6.08. The van der Waals surface area contributed by atoms with E-state index in [-0.39, 0.29) is 23.7 Å². The third-order valence-electron chi connectivity index (χ3n) is 6.08. The molecule has 5 atom stereocenters. The molecule has 0 aliphatic carbocycles. The van der Waals surface area contributed by atoms with Crippen LogP contribution in [0.3, 0.4) is 0 Å². The quantitative estimate of drug-likeness (QED) is 0.303. The highest BCUT2D eigenvalue weighted by Gasteiger charge is 2.43. The van der Waals surface area contributed by atoms with Gasteiger partial charge >= 0.3 is 11.9 Å². The number of aliphatic hydroxyl groups is 1. The van der Waals surface area contributed by atoms with E-state index in [2.05, 4.69) is 10.6 Å². The molecule has 0 radical (unpaired) electrons.